The number of phenolic OH excluding ortho intramolecular Hbond substituents is 1. The van der Waals surface area contributed by atoms with Crippen LogP contribution in [0, 0.1) is 10.1 Å². The van der Waals surface area contributed by atoms with Crippen LogP contribution in [0.5, 0.6) is 5.75 Å². The number of hydrogen-bond acceptors (Lipinski definition) is 4. The van der Waals surface area contributed by atoms with Crippen LogP contribution in [0.1, 0.15) is 21.5 Å². The average Bonchev–Trinajstić information content (AvgIpc) is 2.79. The number of nitrogens with zero attached hydrogens (tertiary/aromatic N) is 1. The zero-order chi connectivity index (χ0) is 15.9. The molecule has 0 unspecified atom stereocenters. The third-order valence-corrected chi connectivity index (χ3v) is 3.91. The summed E-state index contributed by atoms with van der Waals surface area (Å²) in [4.78, 5) is 22.5. The molecule has 0 aliphatic heterocycles. The number of nitro benzene ring substituents is 1. The molecular formula is C16H10ClNO4. The van der Waals surface area contributed by atoms with Crippen LogP contribution in [0.2, 0.25) is 5.02 Å². The fourth-order valence-electron chi connectivity index (χ4n) is 2.49. The molecule has 0 radical (unpaired) electrons. The van der Waals surface area contributed by atoms with Crippen LogP contribution in [-0.4, -0.2) is 15.8 Å². The van der Waals surface area contributed by atoms with Gasteiger partial charge in [-0.15, -0.1) is 0 Å². The van der Waals surface area contributed by atoms with Crippen molar-refractivity contribution >= 4 is 29.1 Å². The molecule has 0 fully saturated rings. The fourth-order valence-corrected chi connectivity index (χ4v) is 2.73. The number of phenols is 1. The standard InChI is InChI=1S/C16H10ClNO4/c17-13-3-1-2-11-12(13)8-10(16(11)20)6-9-4-5-15(19)14(7-9)18(21)22/h1-7,19H,8H2/b10-6+. The summed E-state index contributed by atoms with van der Waals surface area (Å²) in [6, 6.07) is 9.15. The number of Topliss-reactive ketones (excluding diaryl/α,β-unsaturated/α-hetero) is 1. The number of halogens is 1. The third-order valence-electron chi connectivity index (χ3n) is 3.56. The van der Waals surface area contributed by atoms with E-state index in [4.69, 9.17) is 11.6 Å². The van der Waals surface area contributed by atoms with E-state index in [1.807, 2.05) is 0 Å². The number of aromatic hydroxyl groups is 1. The SMILES string of the molecule is O=C1/C(=C/c2ccc(O)c([N+](=O)[O-])c2)Cc2c(Cl)cccc21. The molecule has 2 aromatic rings. The minimum Gasteiger partial charge on any atom is -0.502 e. The van der Waals surface area contributed by atoms with E-state index in [1.165, 1.54) is 18.2 Å². The molecule has 0 spiro atoms. The maximum atomic E-state index is 12.3. The Balaban J connectivity index is 2.02. The molecule has 0 aromatic heterocycles. The van der Waals surface area contributed by atoms with Gasteiger partial charge in [-0.25, -0.2) is 0 Å². The van der Waals surface area contributed by atoms with E-state index in [0.717, 1.165) is 5.56 Å². The molecular weight excluding hydrogens is 306 g/mol. The average molecular weight is 316 g/mol. The number of carbonyl (C=O) groups is 1. The number of benzene rings is 2. The Labute approximate surface area is 130 Å². The van der Waals surface area contributed by atoms with Gasteiger partial charge in [0.05, 0.1) is 4.92 Å². The predicted octanol–water partition coefficient (Wildman–Crippen LogP) is 3.78. The summed E-state index contributed by atoms with van der Waals surface area (Å²) < 4.78 is 0. The molecule has 22 heavy (non-hydrogen) atoms. The quantitative estimate of drug-likeness (QED) is 0.519. The van der Waals surface area contributed by atoms with Gasteiger partial charge >= 0.3 is 5.69 Å². The lowest BCUT2D eigenvalue weighted by Crippen LogP contribution is -1.95. The number of fused-ring (bicyclic) bond motifs is 1. The van der Waals surface area contributed by atoms with Gasteiger partial charge in [-0.3, -0.25) is 14.9 Å². The van der Waals surface area contributed by atoms with Gasteiger partial charge in [0.1, 0.15) is 0 Å². The molecule has 1 aliphatic rings. The second-order valence-electron chi connectivity index (χ2n) is 4.95. The molecule has 0 atom stereocenters. The normalized spacial score (nSPS) is 15.1. The minimum absolute atomic E-state index is 0.131. The van der Waals surface area contributed by atoms with Crippen molar-refractivity contribution in [2.75, 3.05) is 0 Å². The molecule has 6 heteroatoms. The summed E-state index contributed by atoms with van der Waals surface area (Å²) in [6.45, 7) is 0. The van der Waals surface area contributed by atoms with Gasteiger partial charge in [0.15, 0.2) is 11.5 Å². The largest absolute Gasteiger partial charge is 0.502 e. The summed E-state index contributed by atoms with van der Waals surface area (Å²) in [5, 5.41) is 20.8. The van der Waals surface area contributed by atoms with Crippen molar-refractivity contribution in [1.82, 2.24) is 0 Å². The number of ketones is 1. The Morgan fingerprint density at radius 3 is 2.73 bits per heavy atom. The lowest BCUT2D eigenvalue weighted by atomic mass is 10.1. The zero-order valence-electron chi connectivity index (χ0n) is 11.2. The number of hydrogen-bond donors (Lipinski definition) is 1. The lowest BCUT2D eigenvalue weighted by molar-refractivity contribution is -0.385. The van der Waals surface area contributed by atoms with Crippen LogP contribution in [0.25, 0.3) is 6.08 Å². The molecule has 5 nitrogen and oxygen atoms in total. The first kappa shape index (κ1) is 14.3. The van der Waals surface area contributed by atoms with Crippen LogP contribution in [0.3, 0.4) is 0 Å². The summed E-state index contributed by atoms with van der Waals surface area (Å²) in [6.07, 6.45) is 1.98. The van der Waals surface area contributed by atoms with Gasteiger partial charge in [0.2, 0.25) is 0 Å². The summed E-state index contributed by atoms with van der Waals surface area (Å²) in [7, 11) is 0. The number of carbonyl (C=O) groups excluding carboxylic acids is 1. The van der Waals surface area contributed by atoms with E-state index in [9.17, 15) is 20.0 Å². The van der Waals surface area contributed by atoms with E-state index in [-0.39, 0.29) is 5.78 Å². The lowest BCUT2D eigenvalue weighted by Gasteiger charge is -1.99. The van der Waals surface area contributed by atoms with Crippen molar-refractivity contribution in [1.29, 1.82) is 0 Å². The van der Waals surface area contributed by atoms with Crippen LogP contribution in [-0.2, 0) is 6.42 Å². The number of nitro groups is 1. The van der Waals surface area contributed by atoms with Gasteiger partial charge in [0.25, 0.3) is 0 Å². The van der Waals surface area contributed by atoms with Crippen molar-refractivity contribution in [3.63, 3.8) is 0 Å². The third kappa shape index (κ3) is 2.35. The van der Waals surface area contributed by atoms with E-state index in [1.54, 1.807) is 24.3 Å². The van der Waals surface area contributed by atoms with Gasteiger partial charge in [0, 0.05) is 28.6 Å². The molecule has 1 aliphatic carbocycles. The second kappa shape index (κ2) is 5.27. The Morgan fingerprint density at radius 1 is 1.27 bits per heavy atom. The van der Waals surface area contributed by atoms with E-state index >= 15 is 0 Å². The highest BCUT2D eigenvalue weighted by Gasteiger charge is 2.26. The first-order chi connectivity index (χ1) is 10.5. The molecule has 0 saturated carbocycles. The van der Waals surface area contributed by atoms with E-state index < -0.39 is 16.4 Å². The smallest absolute Gasteiger partial charge is 0.311 e. The number of allylic oxidation sites excluding steroid dienone is 1. The van der Waals surface area contributed by atoms with E-state index in [0.29, 0.717) is 28.1 Å². The Bertz CT molecular complexity index is 842. The number of rotatable bonds is 2. The Hall–Kier alpha value is -2.66. The highest BCUT2D eigenvalue weighted by atomic mass is 35.5. The molecule has 0 heterocycles. The van der Waals surface area contributed by atoms with Gasteiger partial charge in [-0.2, -0.15) is 0 Å². The molecule has 0 amide bonds. The topological polar surface area (TPSA) is 80.4 Å². The summed E-state index contributed by atoms with van der Waals surface area (Å²) >= 11 is 6.09. The van der Waals surface area contributed by atoms with Crippen LogP contribution in [0.4, 0.5) is 5.69 Å². The van der Waals surface area contributed by atoms with Crippen molar-refractivity contribution in [2.24, 2.45) is 0 Å². The second-order valence-corrected chi connectivity index (χ2v) is 5.35. The molecule has 110 valence electrons. The molecule has 3 rings (SSSR count). The monoisotopic (exact) mass is 315 g/mol. The van der Waals surface area contributed by atoms with Gasteiger partial charge in [-0.1, -0.05) is 29.8 Å². The van der Waals surface area contributed by atoms with E-state index in [2.05, 4.69) is 0 Å². The van der Waals surface area contributed by atoms with Crippen molar-refractivity contribution < 1.29 is 14.8 Å². The van der Waals surface area contributed by atoms with Crippen LogP contribution < -0.4 is 0 Å². The fraction of sp³-hybridized carbons (Fsp3) is 0.0625. The van der Waals surface area contributed by atoms with Crippen molar-refractivity contribution in [2.45, 2.75) is 6.42 Å². The van der Waals surface area contributed by atoms with Crippen LogP contribution >= 0.6 is 11.6 Å². The Kier molecular flexibility index (Phi) is 3.42. The van der Waals surface area contributed by atoms with Crippen molar-refractivity contribution in [3.8, 4) is 5.75 Å². The van der Waals surface area contributed by atoms with Gasteiger partial charge < -0.3 is 5.11 Å². The zero-order valence-corrected chi connectivity index (χ0v) is 12.0. The molecule has 0 bridgehead atoms. The minimum atomic E-state index is -0.667. The predicted molar refractivity (Wildman–Crippen MR) is 82.2 cm³/mol. The highest BCUT2D eigenvalue weighted by molar-refractivity contribution is 6.33. The maximum Gasteiger partial charge on any atom is 0.311 e. The summed E-state index contributed by atoms with van der Waals surface area (Å²) in [5.41, 5.74) is 1.94. The Morgan fingerprint density at radius 2 is 2.05 bits per heavy atom. The highest BCUT2D eigenvalue weighted by Crippen LogP contribution is 2.34. The van der Waals surface area contributed by atoms with Crippen molar-refractivity contribution in [3.05, 3.63) is 73.8 Å². The first-order valence-corrected chi connectivity index (χ1v) is 6.85. The molecule has 1 N–H and O–H groups in total. The maximum absolute atomic E-state index is 12.3. The molecule has 0 saturated heterocycles. The van der Waals surface area contributed by atoms with Crippen LogP contribution in [0.15, 0.2) is 42.0 Å². The molecule has 2 aromatic carbocycles. The first-order valence-electron chi connectivity index (χ1n) is 6.47. The van der Waals surface area contributed by atoms with Gasteiger partial charge in [-0.05, 0) is 29.3 Å². The summed E-state index contributed by atoms with van der Waals surface area (Å²) in [5.74, 6) is -0.538.